The van der Waals surface area contributed by atoms with Gasteiger partial charge in [0.05, 0.1) is 7.11 Å². The summed E-state index contributed by atoms with van der Waals surface area (Å²) in [7, 11) is 3.23. The second-order valence-electron chi connectivity index (χ2n) is 7.29. The van der Waals surface area contributed by atoms with Crippen molar-refractivity contribution >= 4 is 29.9 Å². The molecule has 1 aliphatic rings. The van der Waals surface area contributed by atoms with Crippen LogP contribution in [-0.2, 0) is 11.3 Å². The van der Waals surface area contributed by atoms with Gasteiger partial charge in [-0.2, -0.15) is 8.78 Å². The quantitative estimate of drug-likeness (QED) is 0.186. The van der Waals surface area contributed by atoms with Crippen LogP contribution in [0.1, 0.15) is 44.6 Å². The molecule has 0 saturated heterocycles. The van der Waals surface area contributed by atoms with Crippen molar-refractivity contribution < 1.29 is 23.0 Å². The smallest absolute Gasteiger partial charge is 0.387 e. The number of hydrogen-bond acceptors (Lipinski definition) is 4. The number of rotatable bonds is 11. The normalized spacial score (nSPS) is 15.6. The summed E-state index contributed by atoms with van der Waals surface area (Å²) in [5.74, 6) is 1.32. The predicted octanol–water partition coefficient (Wildman–Crippen LogP) is 4.57. The molecule has 0 heterocycles. The monoisotopic (exact) mass is 541 g/mol. The van der Waals surface area contributed by atoms with Gasteiger partial charge in [0.1, 0.15) is 11.5 Å². The van der Waals surface area contributed by atoms with E-state index in [0.29, 0.717) is 17.3 Å². The SMILES string of the molecule is CCOCCC1(CNC(=NC)NCc2cc(OC)ccc2OC(F)F)CCCC1.I. The van der Waals surface area contributed by atoms with Crippen molar-refractivity contribution in [3.05, 3.63) is 23.8 Å². The zero-order chi connectivity index (χ0) is 21.1. The van der Waals surface area contributed by atoms with E-state index in [0.717, 1.165) is 26.2 Å². The maximum atomic E-state index is 12.7. The van der Waals surface area contributed by atoms with Gasteiger partial charge in [0.15, 0.2) is 5.96 Å². The van der Waals surface area contributed by atoms with E-state index in [-0.39, 0.29) is 41.7 Å². The molecule has 0 amide bonds. The molecule has 1 aromatic rings. The second kappa shape index (κ2) is 13.8. The molecule has 0 bridgehead atoms. The van der Waals surface area contributed by atoms with Gasteiger partial charge >= 0.3 is 6.61 Å². The summed E-state index contributed by atoms with van der Waals surface area (Å²) in [5.41, 5.74) is 0.784. The molecule has 30 heavy (non-hydrogen) atoms. The molecular formula is C21H34F2IN3O3. The Morgan fingerprint density at radius 2 is 1.97 bits per heavy atom. The summed E-state index contributed by atoms with van der Waals surface area (Å²) in [6.07, 6.45) is 5.84. The Balaban J connectivity index is 0.00000450. The van der Waals surface area contributed by atoms with E-state index >= 15 is 0 Å². The number of alkyl halides is 2. The molecule has 1 fully saturated rings. The lowest BCUT2D eigenvalue weighted by atomic mass is 9.83. The number of hydrogen-bond donors (Lipinski definition) is 2. The van der Waals surface area contributed by atoms with Crippen LogP contribution >= 0.6 is 24.0 Å². The van der Waals surface area contributed by atoms with Gasteiger partial charge in [-0.3, -0.25) is 4.99 Å². The first kappa shape index (κ1) is 26.7. The largest absolute Gasteiger partial charge is 0.497 e. The molecular weight excluding hydrogens is 507 g/mol. The van der Waals surface area contributed by atoms with Gasteiger partial charge in [0, 0.05) is 38.9 Å². The topological polar surface area (TPSA) is 64.1 Å². The van der Waals surface area contributed by atoms with Crippen LogP contribution in [0.2, 0.25) is 0 Å². The molecule has 9 heteroatoms. The molecule has 0 aliphatic heterocycles. The Morgan fingerprint density at radius 1 is 1.23 bits per heavy atom. The number of methoxy groups -OCH3 is 1. The lowest BCUT2D eigenvalue weighted by Crippen LogP contribution is -2.43. The number of guanidine groups is 1. The van der Waals surface area contributed by atoms with E-state index in [9.17, 15) is 8.78 Å². The van der Waals surface area contributed by atoms with E-state index in [1.807, 2.05) is 6.92 Å². The number of nitrogens with one attached hydrogen (secondary N) is 2. The number of halogens is 3. The fraction of sp³-hybridized carbons (Fsp3) is 0.667. The van der Waals surface area contributed by atoms with Crippen LogP contribution in [0.4, 0.5) is 8.78 Å². The molecule has 2 rings (SSSR count). The molecule has 1 saturated carbocycles. The minimum Gasteiger partial charge on any atom is -0.497 e. The molecule has 2 N–H and O–H groups in total. The minimum absolute atomic E-state index is 0. The zero-order valence-corrected chi connectivity index (χ0v) is 20.3. The van der Waals surface area contributed by atoms with Crippen LogP contribution in [0.3, 0.4) is 0 Å². The maximum absolute atomic E-state index is 12.7. The number of aliphatic imine (C=N–C) groups is 1. The van der Waals surface area contributed by atoms with Crippen molar-refractivity contribution in [3.8, 4) is 11.5 Å². The standard InChI is InChI=1S/C21H33F2N3O3.HI/c1-4-28-12-11-21(9-5-6-10-21)15-26-20(24-2)25-14-16-13-17(27-3)7-8-18(16)29-19(22)23;/h7-8,13,19H,4-6,9-12,14-15H2,1-3H3,(H2,24,25,26);1H. The van der Waals surface area contributed by atoms with Crippen molar-refractivity contribution in [3.63, 3.8) is 0 Å². The van der Waals surface area contributed by atoms with Gasteiger partial charge in [0.2, 0.25) is 0 Å². The molecule has 0 radical (unpaired) electrons. The van der Waals surface area contributed by atoms with Gasteiger partial charge in [-0.25, -0.2) is 0 Å². The van der Waals surface area contributed by atoms with Crippen LogP contribution in [0.25, 0.3) is 0 Å². The van der Waals surface area contributed by atoms with Crippen LogP contribution < -0.4 is 20.1 Å². The summed E-state index contributed by atoms with van der Waals surface area (Å²) in [6, 6.07) is 4.76. The van der Waals surface area contributed by atoms with E-state index in [4.69, 9.17) is 9.47 Å². The molecule has 1 aromatic carbocycles. The highest BCUT2D eigenvalue weighted by molar-refractivity contribution is 14.0. The first-order chi connectivity index (χ1) is 14.0. The molecule has 0 spiro atoms. The van der Waals surface area contributed by atoms with Gasteiger partial charge in [-0.05, 0) is 49.8 Å². The second-order valence-corrected chi connectivity index (χ2v) is 7.29. The summed E-state index contributed by atoms with van der Waals surface area (Å²) in [4.78, 5) is 4.27. The first-order valence-electron chi connectivity index (χ1n) is 10.2. The predicted molar refractivity (Wildman–Crippen MR) is 125 cm³/mol. The maximum Gasteiger partial charge on any atom is 0.387 e. The van der Waals surface area contributed by atoms with Crippen LogP contribution in [0, 0.1) is 5.41 Å². The molecule has 0 aromatic heterocycles. The first-order valence-corrected chi connectivity index (χ1v) is 10.2. The Bertz CT molecular complexity index is 656. The van der Waals surface area contributed by atoms with E-state index in [1.165, 1.54) is 38.9 Å². The van der Waals surface area contributed by atoms with Gasteiger partial charge in [-0.1, -0.05) is 12.8 Å². The fourth-order valence-electron chi connectivity index (χ4n) is 3.78. The Hall–Kier alpha value is -1.36. The van der Waals surface area contributed by atoms with Crippen molar-refractivity contribution in [2.45, 2.75) is 52.2 Å². The van der Waals surface area contributed by atoms with E-state index in [2.05, 4.69) is 20.4 Å². The summed E-state index contributed by atoms with van der Waals surface area (Å²) in [6.45, 7) is 1.71. The number of ether oxygens (including phenoxy) is 3. The molecule has 0 atom stereocenters. The lowest BCUT2D eigenvalue weighted by Gasteiger charge is -2.30. The summed E-state index contributed by atoms with van der Waals surface area (Å²) in [5, 5.41) is 6.59. The van der Waals surface area contributed by atoms with Crippen molar-refractivity contribution in [2.75, 3.05) is 33.9 Å². The van der Waals surface area contributed by atoms with Crippen molar-refractivity contribution in [1.29, 1.82) is 0 Å². The molecule has 1 aliphatic carbocycles. The highest BCUT2D eigenvalue weighted by atomic mass is 127. The zero-order valence-electron chi connectivity index (χ0n) is 18.0. The third kappa shape index (κ3) is 8.41. The van der Waals surface area contributed by atoms with E-state index in [1.54, 1.807) is 19.2 Å². The van der Waals surface area contributed by atoms with Crippen molar-refractivity contribution in [2.24, 2.45) is 10.4 Å². The number of nitrogens with zero attached hydrogens (tertiary/aromatic N) is 1. The van der Waals surface area contributed by atoms with Crippen LogP contribution in [0.15, 0.2) is 23.2 Å². The molecule has 6 nitrogen and oxygen atoms in total. The fourth-order valence-corrected chi connectivity index (χ4v) is 3.78. The van der Waals surface area contributed by atoms with Gasteiger partial charge in [-0.15, -0.1) is 24.0 Å². The summed E-state index contributed by atoms with van der Waals surface area (Å²) < 4.78 is 40.8. The van der Waals surface area contributed by atoms with Crippen LogP contribution in [0.5, 0.6) is 11.5 Å². The highest BCUT2D eigenvalue weighted by Crippen LogP contribution is 2.40. The van der Waals surface area contributed by atoms with Gasteiger partial charge in [0.25, 0.3) is 0 Å². The van der Waals surface area contributed by atoms with Gasteiger partial charge < -0.3 is 24.8 Å². The highest BCUT2D eigenvalue weighted by Gasteiger charge is 2.33. The average Bonchev–Trinajstić information content (AvgIpc) is 3.18. The number of benzene rings is 1. The minimum atomic E-state index is -2.88. The Kier molecular flexibility index (Phi) is 12.3. The molecule has 172 valence electrons. The summed E-state index contributed by atoms with van der Waals surface area (Å²) >= 11 is 0. The Labute approximate surface area is 195 Å². The third-order valence-electron chi connectivity index (χ3n) is 5.43. The third-order valence-corrected chi connectivity index (χ3v) is 5.43. The Morgan fingerprint density at radius 3 is 2.57 bits per heavy atom. The van der Waals surface area contributed by atoms with E-state index < -0.39 is 6.61 Å². The van der Waals surface area contributed by atoms with Crippen molar-refractivity contribution in [1.82, 2.24) is 10.6 Å². The molecule has 0 unspecified atom stereocenters. The van der Waals surface area contributed by atoms with Crippen LogP contribution in [-0.4, -0.2) is 46.5 Å². The lowest BCUT2D eigenvalue weighted by molar-refractivity contribution is -0.0505. The average molecular weight is 541 g/mol.